The molecule has 0 saturated heterocycles. The summed E-state index contributed by atoms with van der Waals surface area (Å²) < 4.78 is 8.15. The zero-order valence-corrected chi connectivity index (χ0v) is 21.4. The summed E-state index contributed by atoms with van der Waals surface area (Å²) in [4.78, 5) is 40.7. The SMILES string of the molecule is CC(Nc1cnc2n(c1=O)C(C(=O)NCc1cc3cnc(N)cc3s1)CC2)c1coc(-c2ccccc2)n1. The molecule has 0 fully saturated rings. The molecule has 1 amide bonds. The number of aryl methyl sites for hydroxylation is 1. The van der Waals surface area contributed by atoms with Gasteiger partial charge in [0, 0.05) is 33.1 Å². The molecule has 0 saturated carbocycles. The van der Waals surface area contributed by atoms with Gasteiger partial charge in [0.2, 0.25) is 11.8 Å². The topological polar surface area (TPSA) is 141 Å². The molecule has 0 bridgehead atoms. The molecular formula is C27H25N7O3S. The van der Waals surface area contributed by atoms with Gasteiger partial charge in [-0.2, -0.15) is 0 Å². The highest BCUT2D eigenvalue weighted by Crippen LogP contribution is 2.28. The fourth-order valence-corrected chi connectivity index (χ4v) is 5.66. The minimum Gasteiger partial charge on any atom is -0.444 e. The molecule has 4 aromatic heterocycles. The summed E-state index contributed by atoms with van der Waals surface area (Å²) >= 11 is 1.55. The Kier molecular flexibility index (Phi) is 6.12. The number of hydrogen-bond donors (Lipinski definition) is 3. The van der Waals surface area contributed by atoms with Gasteiger partial charge in [-0.05, 0) is 37.6 Å². The van der Waals surface area contributed by atoms with Gasteiger partial charge in [-0.15, -0.1) is 11.3 Å². The van der Waals surface area contributed by atoms with Crippen LogP contribution in [-0.2, 0) is 17.8 Å². The number of aromatic nitrogens is 4. The van der Waals surface area contributed by atoms with Crippen molar-refractivity contribution < 1.29 is 9.21 Å². The summed E-state index contributed by atoms with van der Waals surface area (Å²) in [6.45, 7) is 2.25. The fraction of sp³-hybridized carbons (Fsp3) is 0.222. The largest absolute Gasteiger partial charge is 0.444 e. The minimum absolute atomic E-state index is 0.211. The van der Waals surface area contributed by atoms with Crippen molar-refractivity contribution in [2.24, 2.45) is 0 Å². The third-order valence-electron chi connectivity index (χ3n) is 6.59. The number of nitrogen functional groups attached to an aromatic ring is 1. The van der Waals surface area contributed by atoms with Crippen LogP contribution in [-0.4, -0.2) is 25.4 Å². The average Bonchev–Trinajstić information content (AvgIpc) is 3.67. The number of nitrogens with two attached hydrogens (primary N) is 1. The number of anilines is 2. The maximum atomic E-state index is 13.4. The second-order valence-corrected chi connectivity index (χ2v) is 10.4. The van der Waals surface area contributed by atoms with Crippen molar-refractivity contribution in [2.75, 3.05) is 11.1 Å². The summed E-state index contributed by atoms with van der Waals surface area (Å²) in [6, 6.07) is 12.5. The van der Waals surface area contributed by atoms with Crippen LogP contribution >= 0.6 is 11.3 Å². The normalized spacial score (nSPS) is 15.3. The molecule has 0 spiro atoms. The molecule has 192 valence electrons. The molecule has 2 unspecified atom stereocenters. The lowest BCUT2D eigenvalue weighted by Crippen LogP contribution is -2.36. The third-order valence-corrected chi connectivity index (χ3v) is 7.69. The second-order valence-electron chi connectivity index (χ2n) is 9.20. The van der Waals surface area contributed by atoms with Crippen molar-refractivity contribution in [1.29, 1.82) is 0 Å². The summed E-state index contributed by atoms with van der Waals surface area (Å²) in [5.41, 5.74) is 7.32. The first-order valence-corrected chi connectivity index (χ1v) is 13.1. The van der Waals surface area contributed by atoms with Crippen LogP contribution in [0.4, 0.5) is 11.5 Å². The van der Waals surface area contributed by atoms with E-state index in [1.54, 1.807) is 23.8 Å². The van der Waals surface area contributed by atoms with Gasteiger partial charge in [0.1, 0.15) is 35.3 Å². The molecule has 1 aromatic carbocycles. The highest BCUT2D eigenvalue weighted by Gasteiger charge is 2.31. The number of pyridine rings is 1. The zero-order valence-electron chi connectivity index (χ0n) is 20.5. The van der Waals surface area contributed by atoms with Crippen LogP contribution in [0.5, 0.6) is 0 Å². The number of amides is 1. The van der Waals surface area contributed by atoms with Gasteiger partial charge in [-0.1, -0.05) is 18.2 Å². The van der Waals surface area contributed by atoms with Crippen molar-refractivity contribution >= 4 is 38.8 Å². The Morgan fingerprint density at radius 2 is 2.08 bits per heavy atom. The van der Waals surface area contributed by atoms with Gasteiger partial charge in [0.15, 0.2) is 0 Å². The van der Waals surface area contributed by atoms with Gasteiger partial charge >= 0.3 is 0 Å². The van der Waals surface area contributed by atoms with Crippen molar-refractivity contribution in [1.82, 2.24) is 24.8 Å². The van der Waals surface area contributed by atoms with E-state index in [2.05, 4.69) is 25.6 Å². The highest BCUT2D eigenvalue weighted by molar-refractivity contribution is 7.19. The maximum Gasteiger partial charge on any atom is 0.277 e. The average molecular weight is 528 g/mol. The maximum absolute atomic E-state index is 13.4. The Morgan fingerprint density at radius 3 is 2.92 bits per heavy atom. The summed E-state index contributed by atoms with van der Waals surface area (Å²) in [6.07, 6.45) is 5.90. The molecular weight excluding hydrogens is 502 g/mol. The number of benzene rings is 1. The van der Waals surface area contributed by atoms with Gasteiger partial charge in [0.05, 0.1) is 18.8 Å². The predicted octanol–water partition coefficient (Wildman–Crippen LogP) is 4.07. The van der Waals surface area contributed by atoms with E-state index in [4.69, 9.17) is 10.2 Å². The Hall–Kier alpha value is -4.51. The Bertz CT molecular complexity index is 1690. The highest BCUT2D eigenvalue weighted by atomic mass is 32.1. The Morgan fingerprint density at radius 1 is 1.24 bits per heavy atom. The molecule has 11 heteroatoms. The quantitative estimate of drug-likeness (QED) is 0.288. The number of rotatable bonds is 7. The van der Waals surface area contributed by atoms with E-state index in [1.165, 1.54) is 10.8 Å². The first kappa shape index (κ1) is 23.9. The first-order valence-electron chi connectivity index (χ1n) is 12.3. The smallest absolute Gasteiger partial charge is 0.277 e. The zero-order chi connectivity index (χ0) is 26.2. The molecule has 2 atom stereocenters. The number of carbonyl (C=O) groups excluding carboxylic acids is 1. The molecule has 0 radical (unpaired) electrons. The number of nitrogens with one attached hydrogen (secondary N) is 2. The molecule has 4 N–H and O–H groups in total. The van der Waals surface area contributed by atoms with Gasteiger partial charge < -0.3 is 20.8 Å². The van der Waals surface area contributed by atoms with E-state index in [0.29, 0.717) is 48.3 Å². The summed E-state index contributed by atoms with van der Waals surface area (Å²) in [5, 5.41) is 7.15. The lowest BCUT2D eigenvalue weighted by Gasteiger charge is -2.17. The molecule has 6 rings (SSSR count). The van der Waals surface area contributed by atoms with Crippen LogP contribution in [0.2, 0.25) is 0 Å². The van der Waals surface area contributed by atoms with Gasteiger partial charge in [-0.25, -0.2) is 15.0 Å². The third kappa shape index (κ3) is 4.52. The number of thiophene rings is 1. The molecule has 5 aromatic rings. The number of hydrogen-bond acceptors (Lipinski definition) is 9. The molecule has 38 heavy (non-hydrogen) atoms. The van der Waals surface area contributed by atoms with E-state index in [9.17, 15) is 9.59 Å². The number of carbonyl (C=O) groups is 1. The Labute approximate surface area is 221 Å². The lowest BCUT2D eigenvalue weighted by atomic mass is 10.2. The summed E-state index contributed by atoms with van der Waals surface area (Å²) in [7, 11) is 0. The van der Waals surface area contributed by atoms with E-state index in [1.807, 2.05) is 49.4 Å². The minimum atomic E-state index is -0.620. The predicted molar refractivity (Wildman–Crippen MR) is 146 cm³/mol. The standard InChI is InChI=1S/C27H25N7O3S/c1-15(20-14-37-26(33-20)16-5-3-2-4-6-16)32-19-13-30-24-8-7-21(34(24)27(19)36)25(35)31-12-18-9-17-11-29-23(28)10-22(17)38-18/h2-6,9-11,13-15,21,32H,7-8,12H2,1H3,(H2,28,29)(H,31,35). The van der Waals surface area contributed by atoms with Crippen molar-refractivity contribution in [3.8, 4) is 11.5 Å². The number of nitrogens with zero attached hydrogens (tertiary/aromatic N) is 4. The second kappa shape index (κ2) is 9.75. The van der Waals surface area contributed by atoms with E-state index < -0.39 is 6.04 Å². The first-order chi connectivity index (χ1) is 18.5. The number of oxazole rings is 1. The molecule has 1 aliphatic rings. The summed E-state index contributed by atoms with van der Waals surface area (Å²) in [5.74, 6) is 1.36. The van der Waals surface area contributed by atoms with Gasteiger partial charge in [0.25, 0.3) is 5.56 Å². The molecule has 10 nitrogen and oxygen atoms in total. The van der Waals surface area contributed by atoms with Crippen LogP contribution < -0.4 is 21.9 Å². The lowest BCUT2D eigenvalue weighted by molar-refractivity contribution is -0.124. The van der Waals surface area contributed by atoms with E-state index in [0.717, 1.165) is 20.5 Å². The monoisotopic (exact) mass is 527 g/mol. The molecule has 5 heterocycles. The van der Waals surface area contributed by atoms with Gasteiger partial charge in [-0.3, -0.25) is 14.2 Å². The Balaban J connectivity index is 1.16. The van der Waals surface area contributed by atoms with Crippen molar-refractivity contribution in [3.63, 3.8) is 0 Å². The number of fused-ring (bicyclic) bond motifs is 2. The molecule has 0 aliphatic carbocycles. The fourth-order valence-electron chi connectivity index (χ4n) is 4.64. The van der Waals surface area contributed by atoms with Crippen LogP contribution in [0.3, 0.4) is 0 Å². The van der Waals surface area contributed by atoms with E-state index >= 15 is 0 Å². The van der Waals surface area contributed by atoms with Crippen LogP contribution in [0.15, 0.2) is 70.3 Å². The van der Waals surface area contributed by atoms with Crippen LogP contribution in [0, 0.1) is 0 Å². The van der Waals surface area contributed by atoms with Crippen molar-refractivity contribution in [3.05, 3.63) is 87.9 Å². The van der Waals surface area contributed by atoms with E-state index in [-0.39, 0.29) is 17.5 Å². The van der Waals surface area contributed by atoms with Crippen LogP contribution in [0.1, 0.15) is 41.8 Å². The van der Waals surface area contributed by atoms with Crippen molar-refractivity contribution in [2.45, 2.75) is 38.4 Å². The van der Waals surface area contributed by atoms with Crippen LogP contribution in [0.25, 0.3) is 21.5 Å². The molecule has 1 aliphatic heterocycles.